The molecule has 0 amide bonds. The number of nitrogens with one attached hydrogen (secondary N) is 2. The summed E-state index contributed by atoms with van der Waals surface area (Å²) in [7, 11) is 3.63. The summed E-state index contributed by atoms with van der Waals surface area (Å²) in [5, 5.41) is 10.6. The Morgan fingerprint density at radius 1 is 1.41 bits per heavy atom. The van der Waals surface area contributed by atoms with Crippen LogP contribution >= 0.6 is 11.6 Å². The molecule has 0 radical (unpaired) electrons. The van der Waals surface area contributed by atoms with Crippen molar-refractivity contribution in [2.75, 3.05) is 17.7 Å². The minimum Gasteiger partial charge on any atom is -0.364 e. The molecule has 2 heterocycles. The van der Waals surface area contributed by atoms with Crippen molar-refractivity contribution in [2.24, 2.45) is 7.05 Å². The Kier molecular flexibility index (Phi) is 3.43. The van der Waals surface area contributed by atoms with Crippen molar-refractivity contribution in [3.63, 3.8) is 0 Å². The van der Waals surface area contributed by atoms with E-state index in [1.54, 1.807) is 24.1 Å². The Bertz CT molecular complexity index is 509. The van der Waals surface area contributed by atoms with Crippen molar-refractivity contribution in [2.45, 2.75) is 6.54 Å². The zero-order chi connectivity index (χ0) is 12.3. The van der Waals surface area contributed by atoms with Gasteiger partial charge >= 0.3 is 0 Å². The first kappa shape index (κ1) is 11.7. The molecule has 0 atom stereocenters. The monoisotopic (exact) mass is 252 g/mol. The first-order valence-corrected chi connectivity index (χ1v) is 5.48. The van der Waals surface area contributed by atoms with Gasteiger partial charge in [-0.2, -0.15) is 10.1 Å². The molecule has 0 saturated carbocycles. The van der Waals surface area contributed by atoms with Crippen molar-refractivity contribution in [1.82, 2.24) is 19.7 Å². The minimum absolute atomic E-state index is 0.493. The SMILES string of the molecule is CNc1ncc(Cl)c(NCc2cnn(C)c2)n1. The molecule has 0 aliphatic rings. The van der Waals surface area contributed by atoms with E-state index in [-0.39, 0.29) is 0 Å². The molecule has 2 aromatic heterocycles. The number of halogens is 1. The van der Waals surface area contributed by atoms with E-state index >= 15 is 0 Å². The van der Waals surface area contributed by atoms with E-state index in [0.717, 1.165) is 5.56 Å². The molecule has 2 N–H and O–H groups in total. The maximum Gasteiger partial charge on any atom is 0.224 e. The summed E-state index contributed by atoms with van der Waals surface area (Å²) in [5.41, 5.74) is 1.06. The lowest BCUT2D eigenvalue weighted by atomic mass is 10.3. The molecule has 17 heavy (non-hydrogen) atoms. The number of rotatable bonds is 4. The van der Waals surface area contributed by atoms with Gasteiger partial charge in [0.1, 0.15) is 5.02 Å². The van der Waals surface area contributed by atoms with Gasteiger partial charge in [-0.1, -0.05) is 11.6 Å². The highest BCUT2D eigenvalue weighted by Crippen LogP contribution is 2.19. The fraction of sp³-hybridized carbons (Fsp3) is 0.300. The van der Waals surface area contributed by atoms with Crippen molar-refractivity contribution in [3.05, 3.63) is 29.2 Å². The Labute approximate surface area is 104 Å². The highest BCUT2D eigenvalue weighted by atomic mass is 35.5. The summed E-state index contributed by atoms with van der Waals surface area (Å²) in [6.07, 6.45) is 5.29. The van der Waals surface area contributed by atoms with Gasteiger partial charge in [-0.05, 0) is 0 Å². The van der Waals surface area contributed by atoms with Gasteiger partial charge in [-0.3, -0.25) is 4.68 Å². The van der Waals surface area contributed by atoms with Gasteiger partial charge in [0, 0.05) is 32.4 Å². The topological polar surface area (TPSA) is 67.7 Å². The van der Waals surface area contributed by atoms with E-state index in [1.165, 1.54) is 0 Å². The maximum absolute atomic E-state index is 5.99. The fourth-order valence-corrected chi connectivity index (χ4v) is 1.52. The Hall–Kier alpha value is -1.82. The zero-order valence-corrected chi connectivity index (χ0v) is 10.4. The average Bonchev–Trinajstić information content (AvgIpc) is 2.74. The number of hydrogen-bond acceptors (Lipinski definition) is 5. The third-order valence-corrected chi connectivity index (χ3v) is 2.46. The van der Waals surface area contributed by atoms with Crippen LogP contribution in [0.3, 0.4) is 0 Å². The van der Waals surface area contributed by atoms with Crippen LogP contribution in [0, 0.1) is 0 Å². The smallest absolute Gasteiger partial charge is 0.224 e. The van der Waals surface area contributed by atoms with Crippen LogP contribution in [0.25, 0.3) is 0 Å². The summed E-state index contributed by atoms with van der Waals surface area (Å²) < 4.78 is 1.75. The minimum atomic E-state index is 0.493. The molecule has 0 fully saturated rings. The molecule has 90 valence electrons. The van der Waals surface area contributed by atoms with Gasteiger partial charge < -0.3 is 10.6 Å². The number of aryl methyl sites for hydroxylation is 1. The largest absolute Gasteiger partial charge is 0.364 e. The van der Waals surface area contributed by atoms with Crippen molar-refractivity contribution in [3.8, 4) is 0 Å². The van der Waals surface area contributed by atoms with Gasteiger partial charge in [0.05, 0.1) is 12.4 Å². The van der Waals surface area contributed by atoms with Gasteiger partial charge in [0.25, 0.3) is 0 Å². The van der Waals surface area contributed by atoms with Crippen LogP contribution < -0.4 is 10.6 Å². The number of hydrogen-bond donors (Lipinski definition) is 2. The summed E-state index contributed by atoms with van der Waals surface area (Å²) >= 11 is 5.99. The molecule has 0 bridgehead atoms. The lowest BCUT2D eigenvalue weighted by molar-refractivity contribution is 0.767. The van der Waals surface area contributed by atoms with Crippen LogP contribution in [-0.4, -0.2) is 26.8 Å². The molecule has 0 saturated heterocycles. The fourth-order valence-electron chi connectivity index (χ4n) is 1.36. The van der Waals surface area contributed by atoms with Crippen molar-refractivity contribution >= 4 is 23.4 Å². The van der Waals surface area contributed by atoms with Crippen LogP contribution in [0.4, 0.5) is 11.8 Å². The second kappa shape index (κ2) is 5.01. The average molecular weight is 253 g/mol. The number of nitrogens with zero attached hydrogens (tertiary/aromatic N) is 4. The molecule has 7 heteroatoms. The third kappa shape index (κ3) is 2.85. The summed E-state index contributed by atoms with van der Waals surface area (Å²) in [6, 6.07) is 0. The molecule has 0 aliphatic carbocycles. The Morgan fingerprint density at radius 2 is 2.24 bits per heavy atom. The maximum atomic E-state index is 5.99. The van der Waals surface area contributed by atoms with E-state index in [9.17, 15) is 0 Å². The predicted molar refractivity (Wildman–Crippen MR) is 67.1 cm³/mol. The van der Waals surface area contributed by atoms with Crippen LogP contribution in [0.2, 0.25) is 5.02 Å². The molecule has 0 unspecified atom stereocenters. The second-order valence-corrected chi connectivity index (χ2v) is 3.92. The van der Waals surface area contributed by atoms with E-state index in [2.05, 4.69) is 25.7 Å². The molecular weight excluding hydrogens is 240 g/mol. The summed E-state index contributed by atoms with van der Waals surface area (Å²) in [4.78, 5) is 8.23. The van der Waals surface area contributed by atoms with Gasteiger partial charge in [-0.15, -0.1) is 0 Å². The normalized spacial score (nSPS) is 10.3. The first-order chi connectivity index (χ1) is 8.19. The molecule has 6 nitrogen and oxygen atoms in total. The van der Waals surface area contributed by atoms with Gasteiger partial charge in [0.2, 0.25) is 5.95 Å². The van der Waals surface area contributed by atoms with Crippen LogP contribution in [0.1, 0.15) is 5.56 Å². The van der Waals surface area contributed by atoms with E-state index in [4.69, 9.17) is 11.6 Å². The standard InChI is InChI=1S/C10H13ClN6/c1-12-10-14-5-8(11)9(16-10)13-3-7-4-15-17(2)6-7/h4-6H,3H2,1-2H3,(H2,12,13,14,16). The first-order valence-electron chi connectivity index (χ1n) is 5.10. The Morgan fingerprint density at radius 3 is 2.88 bits per heavy atom. The highest BCUT2D eigenvalue weighted by molar-refractivity contribution is 6.32. The number of anilines is 2. The third-order valence-electron chi connectivity index (χ3n) is 2.19. The van der Waals surface area contributed by atoms with E-state index in [1.807, 2.05) is 13.2 Å². The lowest BCUT2D eigenvalue weighted by Gasteiger charge is -2.07. The summed E-state index contributed by atoms with van der Waals surface area (Å²) in [6.45, 7) is 0.619. The molecule has 0 spiro atoms. The molecular formula is C10H13ClN6. The van der Waals surface area contributed by atoms with Crippen molar-refractivity contribution < 1.29 is 0 Å². The van der Waals surface area contributed by atoms with E-state index < -0.39 is 0 Å². The van der Waals surface area contributed by atoms with E-state index in [0.29, 0.717) is 23.3 Å². The quantitative estimate of drug-likeness (QED) is 0.864. The van der Waals surface area contributed by atoms with Crippen LogP contribution in [0.5, 0.6) is 0 Å². The molecule has 2 aromatic rings. The highest BCUT2D eigenvalue weighted by Gasteiger charge is 2.04. The van der Waals surface area contributed by atoms with Gasteiger partial charge in [0.15, 0.2) is 5.82 Å². The summed E-state index contributed by atoms with van der Waals surface area (Å²) in [5.74, 6) is 1.14. The second-order valence-electron chi connectivity index (χ2n) is 3.52. The predicted octanol–water partition coefficient (Wildman–Crippen LogP) is 1.52. The number of aromatic nitrogens is 4. The zero-order valence-electron chi connectivity index (χ0n) is 9.61. The van der Waals surface area contributed by atoms with Crippen LogP contribution in [0.15, 0.2) is 18.6 Å². The molecule has 0 aliphatic heterocycles. The molecule has 2 rings (SSSR count). The van der Waals surface area contributed by atoms with Crippen molar-refractivity contribution in [1.29, 1.82) is 0 Å². The Balaban J connectivity index is 2.07. The van der Waals surface area contributed by atoms with Crippen LogP contribution in [-0.2, 0) is 13.6 Å². The lowest BCUT2D eigenvalue weighted by Crippen LogP contribution is -2.04. The molecule has 0 aromatic carbocycles. The van der Waals surface area contributed by atoms with Gasteiger partial charge in [-0.25, -0.2) is 4.98 Å².